The van der Waals surface area contributed by atoms with Crippen LogP contribution in [0.25, 0.3) is 0 Å². The third-order valence-corrected chi connectivity index (χ3v) is 2.97. The lowest BCUT2D eigenvalue weighted by Crippen LogP contribution is -3.00. The van der Waals surface area contributed by atoms with Crippen LogP contribution in [0, 0.1) is 10.1 Å². The van der Waals surface area contributed by atoms with Crippen molar-refractivity contribution in [3.8, 4) is 0 Å². The number of benzene rings is 1. The molecule has 0 aromatic heterocycles. The molecule has 0 saturated carbocycles. The van der Waals surface area contributed by atoms with Crippen LogP contribution in [0.1, 0.15) is 6.92 Å². The predicted octanol–water partition coefficient (Wildman–Crippen LogP) is -1.52. The number of halogens is 1. The van der Waals surface area contributed by atoms with Crippen molar-refractivity contribution in [3.63, 3.8) is 0 Å². The maximum Gasteiger partial charge on any atom is 0.315 e. The predicted molar refractivity (Wildman–Crippen MR) is 62.2 cm³/mol. The van der Waals surface area contributed by atoms with Gasteiger partial charge in [-0.3, -0.25) is 14.7 Å². The number of hydrogen-bond acceptors (Lipinski definition) is 3. The van der Waals surface area contributed by atoms with Gasteiger partial charge in [-0.2, -0.15) is 0 Å². The number of amidine groups is 1. The van der Waals surface area contributed by atoms with E-state index in [1.165, 1.54) is 0 Å². The van der Waals surface area contributed by atoms with E-state index in [9.17, 15) is 10.1 Å². The summed E-state index contributed by atoms with van der Waals surface area (Å²) in [6.07, 6.45) is 0. The van der Waals surface area contributed by atoms with E-state index in [0.29, 0.717) is 5.69 Å². The van der Waals surface area contributed by atoms with E-state index in [1.54, 1.807) is 18.2 Å². The molecule has 1 aliphatic heterocycles. The minimum atomic E-state index is -0.332. The van der Waals surface area contributed by atoms with Gasteiger partial charge < -0.3 is 24.0 Å². The van der Waals surface area contributed by atoms with Crippen LogP contribution < -0.4 is 28.9 Å². The Labute approximate surface area is 117 Å². The van der Waals surface area contributed by atoms with E-state index >= 15 is 0 Å². The summed E-state index contributed by atoms with van der Waals surface area (Å²) in [6, 6.07) is 6.85. The summed E-state index contributed by atoms with van der Waals surface area (Å²) in [5.41, 5.74) is 0.839. The van der Waals surface area contributed by atoms with Crippen molar-refractivity contribution < 1.29 is 33.5 Å². The fourth-order valence-corrected chi connectivity index (χ4v) is 1.92. The molecule has 1 aromatic rings. The van der Waals surface area contributed by atoms with Crippen molar-refractivity contribution in [2.24, 2.45) is 0 Å². The van der Waals surface area contributed by atoms with Crippen LogP contribution in [0.5, 0.6) is 0 Å². The third-order valence-electron chi connectivity index (χ3n) is 2.97. The monoisotopic (exact) mass is 347 g/mol. The molecule has 1 heterocycles. The Morgan fingerprint density at radius 2 is 2.06 bits per heavy atom. The first-order chi connectivity index (χ1) is 7.61. The van der Waals surface area contributed by atoms with Gasteiger partial charge in [0.1, 0.15) is 13.1 Å². The molecule has 17 heavy (non-hydrogen) atoms. The fraction of sp³-hybridized carbons (Fsp3) is 0.364. The molecule has 0 unspecified atom stereocenters. The highest BCUT2D eigenvalue weighted by Crippen LogP contribution is 2.28. The van der Waals surface area contributed by atoms with Crippen LogP contribution >= 0.6 is 0 Å². The van der Waals surface area contributed by atoms with Crippen LogP contribution in [-0.2, 0) is 0 Å². The number of para-hydroxylation sites is 2. The number of anilines is 1. The molecular formula is C11H14IN3O2. The quantitative estimate of drug-likeness (QED) is 0.283. The topological polar surface area (TPSA) is 49.4 Å². The first kappa shape index (κ1) is 13.9. The summed E-state index contributed by atoms with van der Waals surface area (Å²) in [7, 11) is 1.99. The Balaban J connectivity index is 0.00000144. The van der Waals surface area contributed by atoms with Crippen molar-refractivity contribution in [2.75, 3.05) is 25.0 Å². The minimum absolute atomic E-state index is 0. The second-order valence-electron chi connectivity index (χ2n) is 3.87. The molecule has 0 N–H and O–H groups in total. The maximum atomic E-state index is 10.9. The molecule has 0 bridgehead atoms. The zero-order chi connectivity index (χ0) is 11.7. The largest absolute Gasteiger partial charge is 1.00 e. The fourth-order valence-electron chi connectivity index (χ4n) is 1.92. The average molecular weight is 347 g/mol. The van der Waals surface area contributed by atoms with Gasteiger partial charge in [-0.15, -0.1) is 0 Å². The number of nitrogens with zero attached hydrogens (tertiary/aromatic N) is 3. The molecule has 2 rings (SSSR count). The maximum absolute atomic E-state index is 10.9. The Morgan fingerprint density at radius 1 is 1.41 bits per heavy atom. The van der Waals surface area contributed by atoms with Crippen molar-refractivity contribution in [2.45, 2.75) is 6.92 Å². The van der Waals surface area contributed by atoms with Crippen LogP contribution in [0.2, 0.25) is 0 Å². The second-order valence-corrected chi connectivity index (χ2v) is 3.87. The molecule has 0 fully saturated rings. The van der Waals surface area contributed by atoms with Gasteiger partial charge in [-0.05, 0) is 6.07 Å². The smallest absolute Gasteiger partial charge is 0.315 e. The first-order valence-corrected chi connectivity index (χ1v) is 5.17. The van der Waals surface area contributed by atoms with E-state index in [0.717, 1.165) is 18.9 Å². The Bertz CT molecular complexity index is 474. The molecule has 0 aliphatic carbocycles. The SMILES string of the molecule is CC1=[N+](C)CCN1c1ccccc1[N+](=O)[O-].[I-]. The molecule has 5 nitrogen and oxygen atoms in total. The highest BCUT2D eigenvalue weighted by molar-refractivity contribution is 5.95. The van der Waals surface area contributed by atoms with Crippen molar-refractivity contribution >= 4 is 17.2 Å². The van der Waals surface area contributed by atoms with E-state index in [-0.39, 0.29) is 34.6 Å². The molecule has 0 saturated heterocycles. The third kappa shape index (κ3) is 2.56. The average Bonchev–Trinajstić information content (AvgIpc) is 2.60. The van der Waals surface area contributed by atoms with Gasteiger partial charge in [0.25, 0.3) is 0 Å². The summed E-state index contributed by atoms with van der Waals surface area (Å²) in [6.45, 7) is 3.68. The van der Waals surface area contributed by atoms with Crippen LogP contribution in [0.3, 0.4) is 0 Å². The molecule has 1 aliphatic rings. The summed E-state index contributed by atoms with van der Waals surface area (Å²) < 4.78 is 2.09. The van der Waals surface area contributed by atoms with E-state index in [2.05, 4.69) is 4.58 Å². The number of rotatable bonds is 2. The Kier molecular flexibility index (Phi) is 4.44. The lowest BCUT2D eigenvalue weighted by Gasteiger charge is -2.09. The first-order valence-electron chi connectivity index (χ1n) is 5.17. The summed E-state index contributed by atoms with van der Waals surface area (Å²) in [5.74, 6) is 1.05. The molecule has 1 aromatic carbocycles. The number of hydrogen-bond donors (Lipinski definition) is 0. The molecule has 0 amide bonds. The zero-order valence-corrected chi connectivity index (χ0v) is 11.9. The van der Waals surface area contributed by atoms with Crippen LogP contribution in [0.4, 0.5) is 11.4 Å². The van der Waals surface area contributed by atoms with E-state index in [4.69, 9.17) is 0 Å². The van der Waals surface area contributed by atoms with Gasteiger partial charge in [0, 0.05) is 13.0 Å². The van der Waals surface area contributed by atoms with Gasteiger partial charge in [0.15, 0.2) is 0 Å². The number of nitro groups is 1. The van der Waals surface area contributed by atoms with Crippen LogP contribution in [-0.4, -0.2) is 35.5 Å². The van der Waals surface area contributed by atoms with E-state index in [1.807, 2.05) is 24.9 Å². The minimum Gasteiger partial charge on any atom is -1.00 e. The molecule has 6 heteroatoms. The molecule has 0 atom stereocenters. The van der Waals surface area contributed by atoms with Gasteiger partial charge in [0.2, 0.25) is 11.5 Å². The summed E-state index contributed by atoms with van der Waals surface area (Å²) in [5, 5.41) is 10.9. The summed E-state index contributed by atoms with van der Waals surface area (Å²) in [4.78, 5) is 12.6. The standard InChI is InChI=1S/C11H14N3O2.HI/c1-9-12(2)7-8-13(9)10-5-3-4-6-11(10)14(15)16;/h3-6H,7-8H2,1-2H3;1H/q+1;/p-1. The van der Waals surface area contributed by atoms with Gasteiger partial charge in [-0.1, -0.05) is 12.1 Å². The van der Waals surface area contributed by atoms with E-state index < -0.39 is 0 Å². The second kappa shape index (κ2) is 5.44. The van der Waals surface area contributed by atoms with Crippen molar-refractivity contribution in [1.29, 1.82) is 0 Å². The Morgan fingerprint density at radius 3 is 2.59 bits per heavy atom. The zero-order valence-electron chi connectivity index (χ0n) is 9.76. The molecule has 0 spiro atoms. The summed E-state index contributed by atoms with van der Waals surface area (Å²) >= 11 is 0. The van der Waals surface area contributed by atoms with Crippen LogP contribution in [0.15, 0.2) is 24.3 Å². The molecule has 0 radical (unpaired) electrons. The Hall–Kier alpha value is -1.18. The number of likely N-dealkylation sites (N-methyl/N-ethyl adjacent to an activating group) is 1. The normalized spacial score (nSPS) is 14.8. The highest BCUT2D eigenvalue weighted by atomic mass is 127. The van der Waals surface area contributed by atoms with Crippen molar-refractivity contribution in [3.05, 3.63) is 34.4 Å². The molecule has 92 valence electrons. The molecular weight excluding hydrogens is 333 g/mol. The lowest BCUT2D eigenvalue weighted by atomic mass is 10.2. The van der Waals surface area contributed by atoms with Gasteiger partial charge >= 0.3 is 5.69 Å². The lowest BCUT2D eigenvalue weighted by molar-refractivity contribution is -0.486. The van der Waals surface area contributed by atoms with Gasteiger partial charge in [0.05, 0.1) is 12.0 Å². The number of nitro benzene ring substituents is 1. The highest BCUT2D eigenvalue weighted by Gasteiger charge is 2.31. The van der Waals surface area contributed by atoms with Gasteiger partial charge in [-0.25, -0.2) is 4.90 Å². The van der Waals surface area contributed by atoms with Crippen molar-refractivity contribution in [1.82, 2.24) is 0 Å².